The topological polar surface area (TPSA) is 85.8 Å². The molecule has 4 rings (SSSR count). The molecule has 2 heterocycles. The Kier molecular flexibility index (Phi) is 5.64. The van der Waals surface area contributed by atoms with Gasteiger partial charge in [-0.15, -0.1) is 0 Å². The zero-order valence-corrected chi connectivity index (χ0v) is 18.4. The highest BCUT2D eigenvalue weighted by atomic mass is 35.5. The predicted molar refractivity (Wildman–Crippen MR) is 114 cm³/mol. The number of hydrogen-bond acceptors (Lipinski definition) is 5. The maximum Gasteiger partial charge on any atom is 0.249 e. The van der Waals surface area contributed by atoms with Gasteiger partial charge in [0.05, 0.1) is 17.8 Å². The Labute approximate surface area is 180 Å². The third kappa shape index (κ3) is 4.26. The number of aryl methyl sites for hydroxylation is 1. The van der Waals surface area contributed by atoms with E-state index in [2.05, 4.69) is 20.6 Å². The predicted octanol–water partition coefficient (Wildman–Crippen LogP) is 4.46. The summed E-state index contributed by atoms with van der Waals surface area (Å²) in [6.45, 7) is 7.95. The first-order valence-electron chi connectivity index (χ1n) is 10.3. The van der Waals surface area contributed by atoms with E-state index in [0.29, 0.717) is 16.8 Å². The fraction of sp³-hybridized carbons (Fsp3) is 0.455. The van der Waals surface area contributed by atoms with Crippen molar-refractivity contribution in [3.8, 4) is 5.69 Å². The van der Waals surface area contributed by atoms with E-state index in [-0.39, 0.29) is 24.3 Å². The molecule has 0 radical (unpaired) electrons. The lowest BCUT2D eigenvalue weighted by atomic mass is 10.0. The second-order valence-electron chi connectivity index (χ2n) is 8.27. The molecule has 30 heavy (non-hydrogen) atoms. The molecule has 7 nitrogen and oxygen atoms in total. The monoisotopic (exact) mass is 427 g/mol. The number of benzene rings is 1. The van der Waals surface area contributed by atoms with Crippen molar-refractivity contribution in [2.24, 2.45) is 5.92 Å². The van der Waals surface area contributed by atoms with Crippen LogP contribution in [0, 0.1) is 19.8 Å². The van der Waals surface area contributed by atoms with E-state index in [4.69, 9.17) is 16.1 Å². The molecule has 0 bridgehead atoms. The van der Waals surface area contributed by atoms with Gasteiger partial charge in [-0.1, -0.05) is 30.6 Å². The number of hydrogen-bond donors (Lipinski definition) is 1. The molecule has 1 saturated carbocycles. The minimum atomic E-state index is -0.315. The zero-order chi connectivity index (χ0) is 21.4. The standard InChI is InChI=1S/C22H26ClN5O2/c1-12(2)20(22-25-21(27-30-22)15-5-6-15)24-19(29)11-18-13(3)26-28(14(18)4)17-9-7-16(23)8-10-17/h7-10,12,15,20H,5-6,11H2,1-4H3,(H,24,29). The molecular formula is C22H26ClN5O2. The van der Waals surface area contributed by atoms with Crippen LogP contribution in [0.2, 0.25) is 5.02 Å². The van der Waals surface area contributed by atoms with Crippen LogP contribution in [0.4, 0.5) is 0 Å². The van der Waals surface area contributed by atoms with Gasteiger partial charge in [0.1, 0.15) is 6.04 Å². The number of amides is 1. The van der Waals surface area contributed by atoms with E-state index in [1.165, 1.54) is 0 Å². The summed E-state index contributed by atoms with van der Waals surface area (Å²) in [5.41, 5.74) is 3.58. The average molecular weight is 428 g/mol. The molecule has 158 valence electrons. The van der Waals surface area contributed by atoms with E-state index >= 15 is 0 Å². The summed E-state index contributed by atoms with van der Waals surface area (Å²) in [6, 6.07) is 7.16. The van der Waals surface area contributed by atoms with E-state index < -0.39 is 0 Å². The van der Waals surface area contributed by atoms with Crippen LogP contribution in [-0.2, 0) is 11.2 Å². The van der Waals surface area contributed by atoms with Crippen LogP contribution in [0.15, 0.2) is 28.8 Å². The molecule has 1 N–H and O–H groups in total. The van der Waals surface area contributed by atoms with Gasteiger partial charge in [-0.25, -0.2) is 4.68 Å². The van der Waals surface area contributed by atoms with E-state index in [1.807, 2.05) is 56.6 Å². The lowest BCUT2D eigenvalue weighted by molar-refractivity contribution is -0.121. The Morgan fingerprint density at radius 3 is 2.60 bits per heavy atom. The van der Waals surface area contributed by atoms with Crippen LogP contribution in [0.5, 0.6) is 0 Å². The number of carbonyl (C=O) groups excluding carboxylic acids is 1. The van der Waals surface area contributed by atoms with Gasteiger partial charge in [0.15, 0.2) is 5.82 Å². The number of nitrogens with zero attached hydrogens (tertiary/aromatic N) is 4. The van der Waals surface area contributed by atoms with Gasteiger partial charge in [0.25, 0.3) is 0 Å². The van der Waals surface area contributed by atoms with Crippen LogP contribution in [0.25, 0.3) is 5.69 Å². The molecule has 2 aromatic heterocycles. The van der Waals surface area contributed by atoms with Crippen molar-refractivity contribution >= 4 is 17.5 Å². The molecule has 1 aromatic carbocycles. The first kappa shape index (κ1) is 20.6. The first-order chi connectivity index (χ1) is 14.3. The summed E-state index contributed by atoms with van der Waals surface area (Å²) in [4.78, 5) is 17.4. The molecule has 1 amide bonds. The van der Waals surface area contributed by atoms with Gasteiger partial charge in [0, 0.05) is 22.2 Å². The van der Waals surface area contributed by atoms with Gasteiger partial charge in [-0.3, -0.25) is 4.79 Å². The highest BCUT2D eigenvalue weighted by molar-refractivity contribution is 6.30. The minimum Gasteiger partial charge on any atom is -0.344 e. The SMILES string of the molecule is Cc1nn(-c2ccc(Cl)cc2)c(C)c1CC(=O)NC(c1nc(C2CC2)no1)C(C)C. The van der Waals surface area contributed by atoms with E-state index in [1.54, 1.807) is 0 Å². The maximum atomic E-state index is 12.9. The molecule has 0 saturated heterocycles. The number of aromatic nitrogens is 4. The molecule has 1 atom stereocenters. The highest BCUT2D eigenvalue weighted by Crippen LogP contribution is 2.38. The molecule has 1 aliphatic rings. The van der Waals surface area contributed by atoms with Gasteiger partial charge in [-0.05, 0) is 56.9 Å². The Morgan fingerprint density at radius 2 is 1.97 bits per heavy atom. The molecule has 1 aliphatic carbocycles. The number of rotatable bonds is 7. The van der Waals surface area contributed by atoms with Crippen LogP contribution < -0.4 is 5.32 Å². The largest absolute Gasteiger partial charge is 0.344 e. The quantitative estimate of drug-likeness (QED) is 0.601. The normalized spacial score (nSPS) is 14.9. The molecule has 0 spiro atoms. The fourth-order valence-corrected chi connectivity index (χ4v) is 3.67. The molecule has 1 fully saturated rings. The number of nitrogens with one attached hydrogen (secondary N) is 1. The minimum absolute atomic E-state index is 0.0956. The number of carbonyl (C=O) groups is 1. The average Bonchev–Trinajstić information content (AvgIpc) is 3.38. The summed E-state index contributed by atoms with van der Waals surface area (Å²) in [6.07, 6.45) is 2.44. The first-order valence-corrected chi connectivity index (χ1v) is 10.6. The summed E-state index contributed by atoms with van der Waals surface area (Å²) < 4.78 is 7.30. The van der Waals surface area contributed by atoms with Gasteiger partial charge >= 0.3 is 0 Å². The van der Waals surface area contributed by atoms with Crippen molar-refractivity contribution < 1.29 is 9.32 Å². The van der Waals surface area contributed by atoms with Crippen LogP contribution >= 0.6 is 11.6 Å². The zero-order valence-electron chi connectivity index (χ0n) is 17.6. The van der Waals surface area contributed by atoms with Crippen LogP contribution in [0.1, 0.15) is 67.3 Å². The Morgan fingerprint density at radius 1 is 1.27 bits per heavy atom. The summed E-state index contributed by atoms with van der Waals surface area (Å²) in [5.74, 6) is 1.67. The smallest absolute Gasteiger partial charge is 0.249 e. The third-order valence-electron chi connectivity index (χ3n) is 5.50. The summed E-state index contributed by atoms with van der Waals surface area (Å²) in [5, 5.41) is 12.4. The van der Waals surface area contributed by atoms with Gasteiger partial charge in [0.2, 0.25) is 11.8 Å². The molecule has 8 heteroatoms. The third-order valence-corrected chi connectivity index (χ3v) is 5.75. The van der Waals surface area contributed by atoms with Crippen LogP contribution in [-0.4, -0.2) is 25.8 Å². The lowest BCUT2D eigenvalue weighted by Gasteiger charge is -2.18. The molecule has 3 aromatic rings. The van der Waals surface area contributed by atoms with Crippen molar-refractivity contribution in [3.05, 3.63) is 58.0 Å². The van der Waals surface area contributed by atoms with E-state index in [0.717, 1.165) is 41.3 Å². The maximum absolute atomic E-state index is 12.9. The Bertz CT molecular complexity index is 1050. The van der Waals surface area contributed by atoms with Crippen LogP contribution in [0.3, 0.4) is 0 Å². The van der Waals surface area contributed by atoms with Gasteiger partial charge in [-0.2, -0.15) is 10.1 Å². The van der Waals surface area contributed by atoms with Crippen molar-refractivity contribution in [1.82, 2.24) is 25.2 Å². The van der Waals surface area contributed by atoms with Crippen molar-refractivity contribution in [1.29, 1.82) is 0 Å². The highest BCUT2D eigenvalue weighted by Gasteiger charge is 2.31. The van der Waals surface area contributed by atoms with Gasteiger partial charge < -0.3 is 9.84 Å². The van der Waals surface area contributed by atoms with Crippen molar-refractivity contribution in [3.63, 3.8) is 0 Å². The van der Waals surface area contributed by atoms with E-state index in [9.17, 15) is 4.79 Å². The Balaban J connectivity index is 1.50. The summed E-state index contributed by atoms with van der Waals surface area (Å²) >= 11 is 5.99. The lowest BCUT2D eigenvalue weighted by Crippen LogP contribution is -2.33. The number of halogens is 1. The van der Waals surface area contributed by atoms with Crippen molar-refractivity contribution in [2.75, 3.05) is 0 Å². The molecule has 0 aliphatic heterocycles. The van der Waals surface area contributed by atoms with Crippen molar-refractivity contribution in [2.45, 2.75) is 58.9 Å². The second kappa shape index (κ2) is 8.22. The second-order valence-corrected chi connectivity index (χ2v) is 8.71. The molecule has 1 unspecified atom stereocenters. The fourth-order valence-electron chi connectivity index (χ4n) is 3.54. The molecular weight excluding hydrogens is 402 g/mol. The summed E-state index contributed by atoms with van der Waals surface area (Å²) in [7, 11) is 0. The Hall–Kier alpha value is -2.67.